The maximum absolute atomic E-state index is 12.9. The average Bonchev–Trinajstić information content (AvgIpc) is 2.74. The summed E-state index contributed by atoms with van der Waals surface area (Å²) >= 11 is 0. The van der Waals surface area contributed by atoms with E-state index in [1.807, 2.05) is 0 Å². The molecule has 158 valence electrons. The molecule has 2 N–H and O–H groups in total. The Morgan fingerprint density at radius 1 is 1.00 bits per heavy atom. The molecule has 0 heterocycles. The number of carbonyl (C=O) groups excluding carboxylic acids is 1. The summed E-state index contributed by atoms with van der Waals surface area (Å²) in [6.07, 6.45) is -3.17. The Balaban J connectivity index is 1.72. The second-order valence-corrected chi connectivity index (χ2v) is 6.30. The SMILES string of the molecule is O=C(N/N=C/c1ccc([N+](=O)[O-])cc1)c1ccccc1Nc1cccc(C(F)(F)F)c1. The molecule has 0 saturated heterocycles. The van der Waals surface area contributed by atoms with Crippen molar-refractivity contribution in [2.75, 3.05) is 5.32 Å². The number of nitro groups is 1. The smallest absolute Gasteiger partial charge is 0.355 e. The Morgan fingerprint density at radius 2 is 1.71 bits per heavy atom. The number of nitrogens with zero attached hydrogens (tertiary/aromatic N) is 2. The third kappa shape index (κ3) is 5.66. The van der Waals surface area contributed by atoms with E-state index in [4.69, 9.17) is 0 Å². The number of non-ortho nitro benzene ring substituents is 1. The van der Waals surface area contributed by atoms with Gasteiger partial charge in [-0.1, -0.05) is 18.2 Å². The van der Waals surface area contributed by atoms with Gasteiger partial charge in [-0.2, -0.15) is 18.3 Å². The summed E-state index contributed by atoms with van der Waals surface area (Å²) in [4.78, 5) is 22.6. The molecule has 3 aromatic carbocycles. The molecular weight excluding hydrogens is 413 g/mol. The fourth-order valence-corrected chi connectivity index (χ4v) is 2.63. The van der Waals surface area contributed by atoms with Gasteiger partial charge in [0.1, 0.15) is 0 Å². The summed E-state index contributed by atoms with van der Waals surface area (Å²) in [5.41, 5.74) is 2.60. The topological polar surface area (TPSA) is 96.6 Å². The summed E-state index contributed by atoms with van der Waals surface area (Å²) in [6.45, 7) is 0. The maximum Gasteiger partial charge on any atom is 0.416 e. The van der Waals surface area contributed by atoms with Crippen LogP contribution in [0.3, 0.4) is 0 Å². The lowest BCUT2D eigenvalue weighted by atomic mass is 10.1. The van der Waals surface area contributed by atoms with Crippen molar-refractivity contribution in [2.45, 2.75) is 6.18 Å². The molecule has 0 aliphatic carbocycles. The molecule has 0 atom stereocenters. The lowest BCUT2D eigenvalue weighted by Gasteiger charge is -2.13. The predicted molar refractivity (Wildman–Crippen MR) is 109 cm³/mol. The quantitative estimate of drug-likeness (QED) is 0.324. The van der Waals surface area contributed by atoms with Gasteiger partial charge in [-0.3, -0.25) is 14.9 Å². The highest BCUT2D eigenvalue weighted by Crippen LogP contribution is 2.31. The predicted octanol–water partition coefficient (Wildman–Crippen LogP) is 5.12. The Labute approximate surface area is 174 Å². The molecule has 0 radical (unpaired) electrons. The average molecular weight is 428 g/mol. The molecule has 31 heavy (non-hydrogen) atoms. The molecule has 0 spiro atoms. The third-order valence-electron chi connectivity index (χ3n) is 4.12. The maximum atomic E-state index is 12.9. The normalized spacial score (nSPS) is 11.3. The largest absolute Gasteiger partial charge is 0.416 e. The van der Waals surface area contributed by atoms with Gasteiger partial charge in [0, 0.05) is 17.8 Å². The van der Waals surface area contributed by atoms with Crippen LogP contribution >= 0.6 is 0 Å². The number of hydrazone groups is 1. The minimum Gasteiger partial charge on any atom is -0.355 e. The summed E-state index contributed by atoms with van der Waals surface area (Å²) < 4.78 is 38.7. The summed E-state index contributed by atoms with van der Waals surface area (Å²) in [6, 6.07) is 16.4. The fourth-order valence-electron chi connectivity index (χ4n) is 2.63. The molecule has 3 aromatic rings. The molecule has 0 aliphatic heterocycles. The lowest BCUT2D eigenvalue weighted by molar-refractivity contribution is -0.384. The van der Waals surface area contributed by atoms with Crippen molar-refractivity contribution in [3.8, 4) is 0 Å². The third-order valence-corrected chi connectivity index (χ3v) is 4.12. The van der Waals surface area contributed by atoms with Crippen molar-refractivity contribution < 1.29 is 22.9 Å². The van der Waals surface area contributed by atoms with Crippen LogP contribution in [0.4, 0.5) is 30.2 Å². The van der Waals surface area contributed by atoms with Gasteiger partial charge in [0.25, 0.3) is 11.6 Å². The van der Waals surface area contributed by atoms with Crippen LogP contribution in [0, 0.1) is 10.1 Å². The van der Waals surface area contributed by atoms with E-state index in [1.165, 1.54) is 48.7 Å². The first-order valence-corrected chi connectivity index (χ1v) is 8.85. The van der Waals surface area contributed by atoms with Crippen LogP contribution in [0.1, 0.15) is 21.5 Å². The number of anilines is 2. The van der Waals surface area contributed by atoms with Crippen LogP contribution in [0.2, 0.25) is 0 Å². The fraction of sp³-hybridized carbons (Fsp3) is 0.0476. The number of rotatable bonds is 6. The first-order valence-electron chi connectivity index (χ1n) is 8.85. The number of hydrogen-bond donors (Lipinski definition) is 2. The van der Waals surface area contributed by atoms with Gasteiger partial charge in [-0.15, -0.1) is 0 Å². The number of para-hydroxylation sites is 1. The number of nitro benzene ring substituents is 1. The van der Waals surface area contributed by atoms with Gasteiger partial charge in [-0.25, -0.2) is 5.43 Å². The van der Waals surface area contributed by atoms with Crippen LogP contribution < -0.4 is 10.7 Å². The number of carbonyl (C=O) groups is 1. The summed E-state index contributed by atoms with van der Waals surface area (Å²) in [7, 11) is 0. The first kappa shape index (κ1) is 21.5. The Kier molecular flexibility index (Phi) is 6.29. The highest BCUT2D eigenvalue weighted by molar-refractivity contribution is 6.00. The van der Waals surface area contributed by atoms with E-state index in [-0.39, 0.29) is 16.9 Å². The molecule has 7 nitrogen and oxygen atoms in total. The van der Waals surface area contributed by atoms with Crippen molar-refractivity contribution in [1.29, 1.82) is 0 Å². The van der Waals surface area contributed by atoms with E-state index in [1.54, 1.807) is 18.2 Å². The number of benzene rings is 3. The zero-order valence-corrected chi connectivity index (χ0v) is 15.8. The molecule has 1 amide bonds. The van der Waals surface area contributed by atoms with Gasteiger partial charge in [0.2, 0.25) is 0 Å². The van der Waals surface area contributed by atoms with Gasteiger partial charge in [-0.05, 0) is 48.0 Å². The summed E-state index contributed by atoms with van der Waals surface area (Å²) in [5.74, 6) is -0.590. The van der Waals surface area contributed by atoms with Gasteiger partial charge < -0.3 is 5.32 Å². The van der Waals surface area contributed by atoms with E-state index < -0.39 is 22.6 Å². The number of nitrogens with one attached hydrogen (secondary N) is 2. The molecule has 3 rings (SSSR count). The van der Waals surface area contributed by atoms with E-state index in [2.05, 4.69) is 15.8 Å². The molecule has 0 saturated carbocycles. The summed E-state index contributed by atoms with van der Waals surface area (Å²) in [5, 5.41) is 17.3. The van der Waals surface area contributed by atoms with Crippen LogP contribution in [-0.4, -0.2) is 17.0 Å². The Morgan fingerprint density at radius 3 is 2.39 bits per heavy atom. The molecule has 0 unspecified atom stereocenters. The second kappa shape index (κ2) is 9.08. The highest BCUT2D eigenvalue weighted by Gasteiger charge is 2.30. The Hall–Kier alpha value is -4.21. The van der Waals surface area contributed by atoms with Crippen molar-refractivity contribution in [1.82, 2.24) is 5.43 Å². The molecule has 0 bridgehead atoms. The molecule has 10 heteroatoms. The van der Waals surface area contributed by atoms with Crippen LogP contribution in [0.5, 0.6) is 0 Å². The van der Waals surface area contributed by atoms with Gasteiger partial charge >= 0.3 is 6.18 Å². The van der Waals surface area contributed by atoms with E-state index in [0.29, 0.717) is 11.3 Å². The van der Waals surface area contributed by atoms with Gasteiger partial charge in [0.15, 0.2) is 0 Å². The van der Waals surface area contributed by atoms with E-state index >= 15 is 0 Å². The number of amides is 1. The van der Waals surface area contributed by atoms with Crippen LogP contribution in [0.15, 0.2) is 77.9 Å². The standard InChI is InChI=1S/C21H15F3N4O3/c22-21(23,24)15-4-3-5-16(12-15)26-19-7-2-1-6-18(19)20(29)27-25-13-14-8-10-17(11-9-14)28(30)31/h1-13,26H,(H,27,29)/b25-13+. The second-order valence-electron chi connectivity index (χ2n) is 6.30. The van der Waals surface area contributed by atoms with Crippen LogP contribution in [-0.2, 0) is 6.18 Å². The van der Waals surface area contributed by atoms with Crippen LogP contribution in [0.25, 0.3) is 0 Å². The number of halogens is 3. The minimum absolute atomic E-state index is 0.0734. The van der Waals surface area contributed by atoms with Crippen molar-refractivity contribution in [3.63, 3.8) is 0 Å². The van der Waals surface area contributed by atoms with E-state index in [0.717, 1.165) is 12.1 Å². The lowest BCUT2D eigenvalue weighted by Crippen LogP contribution is -2.19. The zero-order chi connectivity index (χ0) is 22.4. The monoisotopic (exact) mass is 428 g/mol. The molecular formula is C21H15F3N4O3. The molecule has 0 aromatic heterocycles. The highest BCUT2D eigenvalue weighted by atomic mass is 19.4. The number of alkyl halides is 3. The molecule has 0 fully saturated rings. The van der Waals surface area contributed by atoms with Gasteiger partial charge in [0.05, 0.1) is 28.0 Å². The minimum atomic E-state index is -4.48. The van der Waals surface area contributed by atoms with E-state index in [9.17, 15) is 28.1 Å². The first-order chi connectivity index (χ1) is 14.7. The number of hydrogen-bond acceptors (Lipinski definition) is 5. The van der Waals surface area contributed by atoms with Crippen molar-refractivity contribution >= 4 is 29.2 Å². The van der Waals surface area contributed by atoms with Crippen molar-refractivity contribution in [2.24, 2.45) is 5.10 Å². The molecule has 0 aliphatic rings. The zero-order valence-electron chi connectivity index (χ0n) is 15.8. The van der Waals surface area contributed by atoms with Crippen molar-refractivity contribution in [3.05, 3.63) is 99.6 Å². The Bertz CT molecular complexity index is 1130.